The Balaban J connectivity index is 1.35. The standard InChI is InChI=1S/C50H44BN3/c1-33-27-35(3)48(36(4)28-33)51(49-37(5)29-34(2)30-38(49)6)43-21-23-44(24-22-43)54(50-52-26-25-46(53-50)40-17-11-8-12-18-40)47-32-42-20-14-13-19-41(42)31-45(47)39-15-9-7-10-16-39/h7-32H,1-6H3. The fourth-order valence-electron chi connectivity index (χ4n) is 8.44. The minimum atomic E-state index is 0.0758. The minimum Gasteiger partial charge on any atom is -0.279 e. The summed E-state index contributed by atoms with van der Waals surface area (Å²) in [5.74, 6) is 0.614. The maximum Gasteiger partial charge on any atom is 0.242 e. The van der Waals surface area contributed by atoms with Crippen LogP contribution in [0.2, 0.25) is 0 Å². The van der Waals surface area contributed by atoms with Crippen molar-refractivity contribution in [1.82, 2.24) is 9.97 Å². The molecule has 54 heavy (non-hydrogen) atoms. The summed E-state index contributed by atoms with van der Waals surface area (Å²) in [6.45, 7) is 13.5. The Hall–Kier alpha value is -6.26. The minimum absolute atomic E-state index is 0.0758. The van der Waals surface area contributed by atoms with Crippen LogP contribution in [0.25, 0.3) is 33.2 Å². The Kier molecular flexibility index (Phi) is 9.44. The van der Waals surface area contributed by atoms with Crippen LogP contribution in [0.15, 0.2) is 158 Å². The fraction of sp³-hybridized carbons (Fsp3) is 0.120. The maximum atomic E-state index is 5.24. The lowest BCUT2D eigenvalue weighted by atomic mass is 9.34. The predicted octanol–water partition coefficient (Wildman–Crippen LogP) is 10.8. The van der Waals surface area contributed by atoms with Crippen molar-refractivity contribution in [2.75, 3.05) is 4.90 Å². The number of rotatable bonds is 8. The lowest BCUT2D eigenvalue weighted by Crippen LogP contribution is -2.55. The summed E-state index contributed by atoms with van der Waals surface area (Å²) in [6, 6.07) is 54.5. The molecule has 0 aliphatic heterocycles. The second-order valence-electron chi connectivity index (χ2n) is 14.7. The van der Waals surface area contributed by atoms with Crippen LogP contribution in [0, 0.1) is 41.5 Å². The molecule has 0 saturated heterocycles. The molecular weight excluding hydrogens is 653 g/mol. The SMILES string of the molecule is Cc1cc(C)c(B(c2ccc(N(c3nccc(-c4ccccc4)n3)c3cc4ccccc4cc3-c3ccccc3)cc2)c2c(C)cc(C)cc2C)c(C)c1. The van der Waals surface area contributed by atoms with Crippen LogP contribution in [0.4, 0.5) is 17.3 Å². The lowest BCUT2D eigenvalue weighted by Gasteiger charge is -2.28. The second-order valence-corrected chi connectivity index (χ2v) is 14.7. The zero-order valence-electron chi connectivity index (χ0n) is 31.9. The largest absolute Gasteiger partial charge is 0.279 e. The first-order valence-electron chi connectivity index (χ1n) is 18.8. The van der Waals surface area contributed by atoms with Gasteiger partial charge in [-0.1, -0.05) is 171 Å². The van der Waals surface area contributed by atoms with Gasteiger partial charge in [-0.05, 0) is 88.2 Å². The topological polar surface area (TPSA) is 29.0 Å². The number of aryl methyl sites for hydroxylation is 6. The van der Waals surface area contributed by atoms with Crippen molar-refractivity contribution < 1.29 is 0 Å². The average Bonchev–Trinajstić information content (AvgIpc) is 3.17. The molecule has 8 rings (SSSR count). The van der Waals surface area contributed by atoms with Crippen molar-refractivity contribution in [2.45, 2.75) is 41.5 Å². The third-order valence-electron chi connectivity index (χ3n) is 10.6. The van der Waals surface area contributed by atoms with E-state index in [9.17, 15) is 0 Å². The first-order chi connectivity index (χ1) is 26.2. The van der Waals surface area contributed by atoms with Gasteiger partial charge in [0.05, 0.1) is 11.4 Å². The maximum absolute atomic E-state index is 5.24. The molecule has 0 N–H and O–H groups in total. The van der Waals surface area contributed by atoms with Crippen LogP contribution in [0.3, 0.4) is 0 Å². The van der Waals surface area contributed by atoms with Crippen molar-refractivity contribution >= 4 is 51.2 Å². The highest BCUT2D eigenvalue weighted by molar-refractivity contribution is 6.96. The molecule has 0 saturated carbocycles. The van der Waals surface area contributed by atoms with Gasteiger partial charge in [0.25, 0.3) is 0 Å². The Bertz CT molecular complexity index is 2510. The van der Waals surface area contributed by atoms with Crippen LogP contribution in [-0.4, -0.2) is 16.7 Å². The number of fused-ring (bicyclic) bond motifs is 1. The smallest absolute Gasteiger partial charge is 0.242 e. The molecule has 0 radical (unpaired) electrons. The van der Waals surface area contributed by atoms with Crippen molar-refractivity contribution in [1.29, 1.82) is 0 Å². The number of anilines is 3. The molecule has 3 nitrogen and oxygen atoms in total. The van der Waals surface area contributed by atoms with E-state index in [0.717, 1.165) is 39.1 Å². The number of aromatic nitrogens is 2. The summed E-state index contributed by atoms with van der Waals surface area (Å²) in [4.78, 5) is 12.4. The van der Waals surface area contributed by atoms with Crippen molar-refractivity contribution in [2.24, 2.45) is 0 Å². The molecule has 0 bridgehead atoms. The molecule has 7 aromatic carbocycles. The van der Waals surface area contributed by atoms with E-state index in [4.69, 9.17) is 9.97 Å². The average molecular weight is 698 g/mol. The van der Waals surface area contributed by atoms with Gasteiger partial charge in [-0.3, -0.25) is 4.90 Å². The van der Waals surface area contributed by atoms with Gasteiger partial charge in [-0.15, -0.1) is 0 Å². The van der Waals surface area contributed by atoms with Crippen molar-refractivity contribution in [3.8, 4) is 22.4 Å². The van der Waals surface area contributed by atoms with Gasteiger partial charge in [0.2, 0.25) is 12.7 Å². The van der Waals surface area contributed by atoms with Gasteiger partial charge >= 0.3 is 0 Å². The van der Waals surface area contributed by atoms with Gasteiger partial charge in [0, 0.05) is 23.0 Å². The quantitative estimate of drug-likeness (QED) is 0.148. The molecule has 0 atom stereocenters. The molecular formula is C50H44BN3. The Morgan fingerprint density at radius 1 is 0.481 bits per heavy atom. The van der Waals surface area contributed by atoms with E-state index in [1.54, 1.807) is 0 Å². The fourth-order valence-corrected chi connectivity index (χ4v) is 8.44. The van der Waals surface area contributed by atoms with Crippen LogP contribution < -0.4 is 21.3 Å². The summed E-state index contributed by atoms with van der Waals surface area (Å²) in [5, 5.41) is 2.34. The summed E-state index contributed by atoms with van der Waals surface area (Å²) in [7, 11) is 0. The highest BCUT2D eigenvalue weighted by Gasteiger charge is 2.29. The van der Waals surface area contributed by atoms with Crippen LogP contribution in [-0.2, 0) is 0 Å². The van der Waals surface area contributed by atoms with Gasteiger partial charge in [-0.2, -0.15) is 0 Å². The van der Waals surface area contributed by atoms with Gasteiger partial charge < -0.3 is 0 Å². The Labute approximate surface area is 320 Å². The van der Waals surface area contributed by atoms with Crippen LogP contribution in [0.1, 0.15) is 33.4 Å². The molecule has 0 unspecified atom stereocenters. The third-order valence-corrected chi connectivity index (χ3v) is 10.6. The first kappa shape index (κ1) is 34.8. The second kappa shape index (κ2) is 14.6. The van der Waals surface area contributed by atoms with Gasteiger partial charge in [0.1, 0.15) is 0 Å². The highest BCUT2D eigenvalue weighted by atomic mass is 15.3. The van der Waals surface area contributed by atoms with Gasteiger partial charge in [0.15, 0.2) is 0 Å². The summed E-state index contributed by atoms with van der Waals surface area (Å²) < 4.78 is 0. The molecule has 0 aliphatic rings. The molecule has 1 heterocycles. The van der Waals surface area contributed by atoms with E-state index in [-0.39, 0.29) is 6.71 Å². The molecule has 1 aromatic heterocycles. The molecule has 4 heteroatoms. The van der Waals surface area contributed by atoms with E-state index in [2.05, 4.69) is 186 Å². The van der Waals surface area contributed by atoms with Gasteiger partial charge in [-0.25, -0.2) is 9.97 Å². The molecule has 0 aliphatic carbocycles. The lowest BCUT2D eigenvalue weighted by molar-refractivity contribution is 1.08. The number of benzene rings is 7. The molecule has 8 aromatic rings. The van der Waals surface area contributed by atoms with E-state index in [1.807, 2.05) is 18.3 Å². The van der Waals surface area contributed by atoms with Crippen LogP contribution >= 0.6 is 0 Å². The van der Waals surface area contributed by atoms with Crippen LogP contribution in [0.5, 0.6) is 0 Å². The first-order valence-corrected chi connectivity index (χ1v) is 18.8. The Morgan fingerprint density at radius 3 is 1.54 bits per heavy atom. The highest BCUT2D eigenvalue weighted by Crippen LogP contribution is 2.42. The summed E-state index contributed by atoms with van der Waals surface area (Å²) in [6.07, 6.45) is 1.87. The van der Waals surface area contributed by atoms with Crippen molar-refractivity contribution in [3.05, 3.63) is 191 Å². The Morgan fingerprint density at radius 2 is 0.981 bits per heavy atom. The molecule has 0 fully saturated rings. The summed E-state index contributed by atoms with van der Waals surface area (Å²) >= 11 is 0. The zero-order chi connectivity index (χ0) is 37.3. The number of nitrogens with zero attached hydrogens (tertiary/aromatic N) is 3. The summed E-state index contributed by atoms with van der Waals surface area (Å²) in [5.41, 5.74) is 18.0. The molecule has 262 valence electrons. The van der Waals surface area contributed by atoms with E-state index in [1.165, 1.54) is 55.2 Å². The number of hydrogen-bond donors (Lipinski definition) is 0. The van der Waals surface area contributed by atoms with E-state index < -0.39 is 0 Å². The van der Waals surface area contributed by atoms with E-state index in [0.29, 0.717) is 5.95 Å². The molecule has 0 spiro atoms. The zero-order valence-corrected chi connectivity index (χ0v) is 31.9. The third kappa shape index (κ3) is 6.72. The van der Waals surface area contributed by atoms with Crippen molar-refractivity contribution in [3.63, 3.8) is 0 Å². The predicted molar refractivity (Wildman–Crippen MR) is 231 cm³/mol. The molecule has 0 amide bonds. The number of hydrogen-bond acceptors (Lipinski definition) is 3. The van der Waals surface area contributed by atoms with E-state index >= 15 is 0 Å². The normalized spacial score (nSPS) is 11.1. The monoisotopic (exact) mass is 697 g/mol.